The van der Waals surface area contributed by atoms with Crippen LogP contribution >= 0.6 is 30.4 Å². The summed E-state index contributed by atoms with van der Waals surface area (Å²) in [6.07, 6.45) is 2.18. The van der Waals surface area contributed by atoms with Crippen molar-refractivity contribution in [1.82, 2.24) is 15.0 Å². The van der Waals surface area contributed by atoms with Crippen molar-refractivity contribution in [3.63, 3.8) is 0 Å². The molecule has 1 N–H and O–H groups in total. The van der Waals surface area contributed by atoms with E-state index < -0.39 is 11.4 Å². The van der Waals surface area contributed by atoms with Crippen molar-refractivity contribution in [3.8, 4) is 5.88 Å². The van der Waals surface area contributed by atoms with E-state index in [1.54, 1.807) is 0 Å². The fraction of sp³-hybridized carbons (Fsp3) is 0.300. The lowest BCUT2D eigenvalue weighted by molar-refractivity contribution is 0.526. The number of anilines is 1. The molecule has 1 aliphatic rings. The number of pyridine rings is 1. The summed E-state index contributed by atoms with van der Waals surface area (Å²) < 4.78 is 19.3. The van der Waals surface area contributed by atoms with Gasteiger partial charge in [0.1, 0.15) is 20.2 Å². The van der Waals surface area contributed by atoms with E-state index >= 15 is 0 Å². The lowest BCUT2D eigenvalue weighted by Gasteiger charge is -2.32. The van der Waals surface area contributed by atoms with Crippen LogP contribution in [0.2, 0.25) is 0 Å². The summed E-state index contributed by atoms with van der Waals surface area (Å²) >= 11 is 1.88. The number of nitrogens with zero attached hydrogens (tertiary/aromatic N) is 3. The van der Waals surface area contributed by atoms with Gasteiger partial charge in [0.2, 0.25) is 5.82 Å². The Kier molecular flexibility index (Phi) is 3.48. The number of aromatic nitrogens is 3. The molecule has 1 saturated heterocycles. The van der Waals surface area contributed by atoms with Gasteiger partial charge < -0.3 is 14.1 Å². The SMILES string of the molecule is O=c1cnc2c(N3CCC3)nc(OSI)c(F)c2[nH]1. The van der Waals surface area contributed by atoms with E-state index in [9.17, 15) is 9.18 Å². The topological polar surface area (TPSA) is 71.1 Å². The maximum absolute atomic E-state index is 14.2. The molecule has 3 rings (SSSR count). The Morgan fingerprint density at radius 2 is 2.32 bits per heavy atom. The molecule has 100 valence electrons. The summed E-state index contributed by atoms with van der Waals surface area (Å²) in [6, 6.07) is 0. The Labute approximate surface area is 123 Å². The number of halogens is 2. The second-order valence-corrected chi connectivity index (χ2v) is 5.38. The van der Waals surface area contributed by atoms with Gasteiger partial charge in [0, 0.05) is 34.3 Å². The minimum absolute atomic E-state index is 0.0323. The standard InChI is InChI=1S/C10H8FIN4O2S/c11-6-7-8(13-4-5(17)14-7)9(16-2-1-3-16)15-10(6)18-19-12/h4H,1-3H2,(H,14,17). The average Bonchev–Trinajstić information content (AvgIpc) is 2.33. The molecule has 0 spiro atoms. The van der Waals surface area contributed by atoms with Crippen LogP contribution in [0.5, 0.6) is 5.88 Å². The van der Waals surface area contributed by atoms with Crippen LogP contribution in [0.15, 0.2) is 11.0 Å². The van der Waals surface area contributed by atoms with Crippen molar-refractivity contribution >= 4 is 47.3 Å². The summed E-state index contributed by atoms with van der Waals surface area (Å²) in [5, 5.41) is 0. The van der Waals surface area contributed by atoms with Crippen molar-refractivity contribution in [3.05, 3.63) is 22.4 Å². The average molecular weight is 394 g/mol. The molecular formula is C10H8FIN4O2S. The van der Waals surface area contributed by atoms with Crippen LogP contribution in [0.4, 0.5) is 10.2 Å². The van der Waals surface area contributed by atoms with Gasteiger partial charge in [-0.2, -0.15) is 9.37 Å². The first-order chi connectivity index (χ1) is 9.20. The van der Waals surface area contributed by atoms with E-state index in [2.05, 4.69) is 15.0 Å². The third-order valence-electron chi connectivity index (χ3n) is 2.89. The Balaban J connectivity index is 2.27. The number of fused-ring (bicyclic) bond motifs is 1. The molecule has 3 heterocycles. The maximum Gasteiger partial charge on any atom is 0.269 e. The number of H-pyrrole nitrogens is 1. The van der Waals surface area contributed by atoms with Crippen LogP contribution in [0.1, 0.15) is 6.42 Å². The van der Waals surface area contributed by atoms with Gasteiger partial charge >= 0.3 is 0 Å². The molecule has 0 aliphatic carbocycles. The number of hydrogen-bond acceptors (Lipinski definition) is 6. The van der Waals surface area contributed by atoms with E-state index in [0.717, 1.165) is 34.9 Å². The largest absolute Gasteiger partial charge is 0.392 e. The summed E-state index contributed by atoms with van der Waals surface area (Å²) in [7, 11) is 0.964. The highest BCUT2D eigenvalue weighted by molar-refractivity contribution is 14.2. The van der Waals surface area contributed by atoms with E-state index in [4.69, 9.17) is 4.18 Å². The molecule has 0 atom stereocenters. The third kappa shape index (κ3) is 2.24. The van der Waals surface area contributed by atoms with Crippen molar-refractivity contribution in [2.75, 3.05) is 18.0 Å². The minimum Gasteiger partial charge on any atom is -0.392 e. The Morgan fingerprint density at radius 1 is 1.53 bits per heavy atom. The van der Waals surface area contributed by atoms with Crippen LogP contribution in [-0.4, -0.2) is 28.0 Å². The lowest BCUT2D eigenvalue weighted by Crippen LogP contribution is -2.38. The molecule has 2 aromatic heterocycles. The quantitative estimate of drug-likeness (QED) is 0.635. The molecule has 0 aromatic carbocycles. The molecule has 19 heavy (non-hydrogen) atoms. The normalized spacial score (nSPS) is 14.5. The third-order valence-corrected chi connectivity index (χ3v) is 3.65. The fourth-order valence-electron chi connectivity index (χ4n) is 1.87. The number of aromatic amines is 1. The predicted octanol–water partition coefficient (Wildman–Crippen LogP) is 2.04. The molecule has 0 bridgehead atoms. The molecule has 1 fully saturated rings. The Morgan fingerprint density at radius 3 is 2.95 bits per heavy atom. The first kappa shape index (κ1) is 12.9. The van der Waals surface area contributed by atoms with Gasteiger partial charge in [-0.3, -0.25) is 4.79 Å². The molecule has 2 aromatic rings. The van der Waals surface area contributed by atoms with Crippen molar-refractivity contribution < 1.29 is 8.57 Å². The Hall–Kier alpha value is -1.10. The number of rotatable bonds is 3. The second-order valence-electron chi connectivity index (χ2n) is 4.01. The van der Waals surface area contributed by atoms with Gasteiger partial charge in [0.05, 0.1) is 6.20 Å². The fourth-order valence-corrected chi connectivity index (χ4v) is 2.55. The molecule has 1 aliphatic heterocycles. The molecular weight excluding hydrogens is 386 g/mol. The van der Waals surface area contributed by atoms with Gasteiger partial charge in [-0.15, -0.1) is 0 Å². The molecule has 0 radical (unpaired) electrons. The highest BCUT2D eigenvalue weighted by Gasteiger charge is 2.24. The van der Waals surface area contributed by atoms with Gasteiger partial charge in [-0.25, -0.2) is 4.98 Å². The smallest absolute Gasteiger partial charge is 0.269 e. The predicted molar refractivity (Wildman–Crippen MR) is 79.2 cm³/mol. The van der Waals surface area contributed by atoms with Crippen molar-refractivity contribution in [2.45, 2.75) is 6.42 Å². The van der Waals surface area contributed by atoms with Crippen LogP contribution < -0.4 is 14.6 Å². The maximum atomic E-state index is 14.2. The van der Waals surface area contributed by atoms with E-state index in [1.807, 2.05) is 26.1 Å². The number of nitrogens with one attached hydrogen (secondary N) is 1. The monoisotopic (exact) mass is 394 g/mol. The zero-order chi connectivity index (χ0) is 13.4. The molecule has 0 unspecified atom stereocenters. The first-order valence-electron chi connectivity index (χ1n) is 5.49. The number of hydrogen-bond donors (Lipinski definition) is 1. The van der Waals surface area contributed by atoms with Gasteiger partial charge in [0.25, 0.3) is 11.4 Å². The zero-order valence-corrected chi connectivity index (χ0v) is 12.5. The summed E-state index contributed by atoms with van der Waals surface area (Å²) in [6.45, 7) is 1.68. The van der Waals surface area contributed by atoms with Crippen LogP contribution in [-0.2, 0) is 0 Å². The van der Waals surface area contributed by atoms with Crippen LogP contribution in [0.3, 0.4) is 0 Å². The van der Waals surface area contributed by atoms with Crippen LogP contribution in [0.25, 0.3) is 11.0 Å². The van der Waals surface area contributed by atoms with Gasteiger partial charge in [-0.05, 0) is 6.42 Å². The highest BCUT2D eigenvalue weighted by Crippen LogP contribution is 2.33. The van der Waals surface area contributed by atoms with Crippen LogP contribution in [0, 0.1) is 5.82 Å². The first-order valence-corrected chi connectivity index (χ1v) is 8.78. The van der Waals surface area contributed by atoms with Crippen molar-refractivity contribution in [1.29, 1.82) is 0 Å². The zero-order valence-electron chi connectivity index (χ0n) is 9.52. The second kappa shape index (κ2) is 5.12. The van der Waals surface area contributed by atoms with Crippen molar-refractivity contribution in [2.24, 2.45) is 0 Å². The van der Waals surface area contributed by atoms with E-state index in [-0.39, 0.29) is 11.4 Å². The summed E-state index contributed by atoms with van der Waals surface area (Å²) in [5.41, 5.74) is -0.0762. The minimum atomic E-state index is -0.700. The molecule has 0 amide bonds. The molecule has 6 nitrogen and oxygen atoms in total. The Bertz CT molecular complexity index is 691. The van der Waals surface area contributed by atoms with E-state index in [0.29, 0.717) is 11.3 Å². The molecule has 0 saturated carbocycles. The van der Waals surface area contributed by atoms with Gasteiger partial charge in [0.15, 0.2) is 5.82 Å². The lowest BCUT2D eigenvalue weighted by atomic mass is 10.2. The highest BCUT2D eigenvalue weighted by atomic mass is 127. The summed E-state index contributed by atoms with van der Waals surface area (Å²) in [4.78, 5) is 23.9. The van der Waals surface area contributed by atoms with Gasteiger partial charge in [-0.1, -0.05) is 0 Å². The van der Waals surface area contributed by atoms with E-state index in [1.165, 1.54) is 0 Å². The molecule has 9 heteroatoms. The summed E-state index contributed by atoms with van der Waals surface area (Å²) in [5.74, 6) is -0.301.